The summed E-state index contributed by atoms with van der Waals surface area (Å²) in [6, 6.07) is 9.84. The number of aryl methyl sites for hydroxylation is 3. The van der Waals surface area contributed by atoms with Gasteiger partial charge in [0, 0.05) is 32.3 Å². The van der Waals surface area contributed by atoms with Gasteiger partial charge >= 0.3 is 0 Å². The standard InChI is InChI=1S/C20H27N3O2/c1-15-17(14-22(2)21-15)10-11-20(25)23-12-6-9-18(23)13-19(24)16-7-4-3-5-8-16/h3-5,7-8,14,18-19,24H,6,9-13H2,1-2H3. The molecule has 0 saturated carbocycles. The first kappa shape index (κ1) is 17.7. The largest absolute Gasteiger partial charge is 0.388 e. The first-order valence-electron chi connectivity index (χ1n) is 9.06. The first-order chi connectivity index (χ1) is 12.0. The molecule has 2 heterocycles. The van der Waals surface area contributed by atoms with Crippen LogP contribution in [0, 0.1) is 6.92 Å². The van der Waals surface area contributed by atoms with Crippen molar-refractivity contribution in [2.75, 3.05) is 6.54 Å². The number of aliphatic hydroxyl groups excluding tert-OH is 1. The second kappa shape index (κ2) is 7.83. The molecule has 0 radical (unpaired) electrons. The Bertz CT molecular complexity index is 711. The summed E-state index contributed by atoms with van der Waals surface area (Å²) in [6.07, 6.45) is 5.31. The van der Waals surface area contributed by atoms with Crippen LogP contribution >= 0.6 is 0 Å². The molecule has 1 aliphatic rings. The maximum Gasteiger partial charge on any atom is 0.223 e. The van der Waals surface area contributed by atoms with Crippen LogP contribution in [0.4, 0.5) is 0 Å². The van der Waals surface area contributed by atoms with Crippen molar-refractivity contribution < 1.29 is 9.90 Å². The quantitative estimate of drug-likeness (QED) is 0.879. The zero-order chi connectivity index (χ0) is 17.8. The Kier molecular flexibility index (Phi) is 5.53. The van der Waals surface area contributed by atoms with E-state index in [1.807, 2.05) is 55.4 Å². The molecular formula is C20H27N3O2. The summed E-state index contributed by atoms with van der Waals surface area (Å²) in [6.45, 7) is 2.78. The maximum absolute atomic E-state index is 12.7. The molecule has 1 saturated heterocycles. The number of rotatable bonds is 6. The van der Waals surface area contributed by atoms with Crippen molar-refractivity contribution in [2.45, 2.75) is 51.2 Å². The summed E-state index contributed by atoms with van der Waals surface area (Å²) < 4.78 is 1.80. The number of benzene rings is 1. The number of amides is 1. The average Bonchev–Trinajstić information content (AvgIpc) is 3.19. The Hall–Kier alpha value is -2.14. The molecule has 25 heavy (non-hydrogen) atoms. The predicted molar refractivity (Wildman–Crippen MR) is 97.0 cm³/mol. The van der Waals surface area contributed by atoms with Crippen molar-refractivity contribution in [3.8, 4) is 0 Å². The molecule has 1 fully saturated rings. The second-order valence-corrected chi connectivity index (χ2v) is 6.96. The number of carbonyl (C=O) groups is 1. The Balaban J connectivity index is 1.57. The minimum Gasteiger partial charge on any atom is -0.388 e. The van der Waals surface area contributed by atoms with Crippen LogP contribution in [0.2, 0.25) is 0 Å². The van der Waals surface area contributed by atoms with E-state index in [1.165, 1.54) is 0 Å². The van der Waals surface area contributed by atoms with Crippen molar-refractivity contribution in [2.24, 2.45) is 7.05 Å². The SMILES string of the molecule is Cc1nn(C)cc1CCC(=O)N1CCCC1CC(O)c1ccccc1. The van der Waals surface area contributed by atoms with Gasteiger partial charge in [-0.2, -0.15) is 5.10 Å². The summed E-state index contributed by atoms with van der Waals surface area (Å²) in [7, 11) is 1.90. The van der Waals surface area contributed by atoms with Crippen LogP contribution in [-0.4, -0.2) is 38.3 Å². The predicted octanol–water partition coefficient (Wildman–Crippen LogP) is 2.78. The van der Waals surface area contributed by atoms with E-state index >= 15 is 0 Å². The number of carbonyl (C=O) groups excluding carboxylic acids is 1. The van der Waals surface area contributed by atoms with E-state index < -0.39 is 6.10 Å². The van der Waals surface area contributed by atoms with E-state index in [-0.39, 0.29) is 11.9 Å². The molecule has 1 N–H and O–H groups in total. The van der Waals surface area contributed by atoms with E-state index in [1.54, 1.807) is 4.68 Å². The van der Waals surface area contributed by atoms with Crippen LogP contribution in [0.25, 0.3) is 0 Å². The highest BCUT2D eigenvalue weighted by molar-refractivity contribution is 5.77. The van der Waals surface area contributed by atoms with Crippen LogP contribution < -0.4 is 0 Å². The van der Waals surface area contributed by atoms with Gasteiger partial charge in [0.25, 0.3) is 0 Å². The van der Waals surface area contributed by atoms with Crippen molar-refractivity contribution in [3.63, 3.8) is 0 Å². The van der Waals surface area contributed by atoms with Gasteiger partial charge in [-0.15, -0.1) is 0 Å². The fourth-order valence-corrected chi connectivity index (χ4v) is 3.76. The molecule has 1 aliphatic heterocycles. The molecule has 1 amide bonds. The fraction of sp³-hybridized carbons (Fsp3) is 0.500. The second-order valence-electron chi connectivity index (χ2n) is 6.96. The molecule has 3 rings (SSSR count). The summed E-state index contributed by atoms with van der Waals surface area (Å²) in [5.41, 5.74) is 3.05. The molecule has 0 aliphatic carbocycles. The van der Waals surface area contributed by atoms with Crippen LogP contribution in [-0.2, 0) is 18.3 Å². The molecule has 1 aromatic carbocycles. The number of aromatic nitrogens is 2. The molecular weight excluding hydrogens is 314 g/mol. The van der Waals surface area contributed by atoms with Crippen molar-refractivity contribution in [1.82, 2.24) is 14.7 Å². The van der Waals surface area contributed by atoms with Crippen molar-refractivity contribution in [3.05, 3.63) is 53.3 Å². The van der Waals surface area contributed by atoms with Gasteiger partial charge in [-0.3, -0.25) is 9.48 Å². The fourth-order valence-electron chi connectivity index (χ4n) is 3.76. The lowest BCUT2D eigenvalue weighted by atomic mass is 10.00. The van der Waals surface area contributed by atoms with E-state index in [4.69, 9.17) is 0 Å². The van der Waals surface area contributed by atoms with E-state index in [2.05, 4.69) is 5.10 Å². The van der Waals surface area contributed by atoms with Gasteiger partial charge in [-0.1, -0.05) is 30.3 Å². The highest BCUT2D eigenvalue weighted by atomic mass is 16.3. The number of likely N-dealkylation sites (tertiary alicyclic amines) is 1. The lowest BCUT2D eigenvalue weighted by molar-refractivity contribution is -0.132. The third kappa shape index (κ3) is 4.28. The van der Waals surface area contributed by atoms with E-state index in [0.29, 0.717) is 12.8 Å². The minimum absolute atomic E-state index is 0.137. The van der Waals surface area contributed by atoms with Crippen LogP contribution in [0.15, 0.2) is 36.5 Å². The normalized spacial score (nSPS) is 18.5. The highest BCUT2D eigenvalue weighted by Crippen LogP contribution is 2.28. The Labute approximate surface area is 149 Å². The zero-order valence-corrected chi connectivity index (χ0v) is 15.1. The van der Waals surface area contributed by atoms with Crippen molar-refractivity contribution in [1.29, 1.82) is 0 Å². The van der Waals surface area contributed by atoms with Crippen LogP contribution in [0.3, 0.4) is 0 Å². The van der Waals surface area contributed by atoms with Gasteiger partial charge in [0.05, 0.1) is 11.8 Å². The third-order valence-electron chi connectivity index (χ3n) is 5.10. The lowest BCUT2D eigenvalue weighted by Crippen LogP contribution is -2.36. The highest BCUT2D eigenvalue weighted by Gasteiger charge is 2.30. The Morgan fingerprint density at radius 1 is 1.36 bits per heavy atom. The van der Waals surface area contributed by atoms with E-state index in [0.717, 1.165) is 42.6 Å². The molecule has 0 spiro atoms. The average molecular weight is 341 g/mol. The van der Waals surface area contributed by atoms with Crippen LogP contribution in [0.5, 0.6) is 0 Å². The molecule has 2 unspecified atom stereocenters. The zero-order valence-electron chi connectivity index (χ0n) is 15.1. The maximum atomic E-state index is 12.7. The number of hydrogen-bond donors (Lipinski definition) is 1. The summed E-state index contributed by atoms with van der Waals surface area (Å²) in [5, 5.41) is 14.8. The van der Waals surface area contributed by atoms with Crippen LogP contribution in [0.1, 0.15) is 48.6 Å². The molecule has 5 nitrogen and oxygen atoms in total. The summed E-state index contributed by atoms with van der Waals surface area (Å²) in [4.78, 5) is 14.7. The minimum atomic E-state index is -0.514. The van der Waals surface area contributed by atoms with Gasteiger partial charge in [0.2, 0.25) is 5.91 Å². The topological polar surface area (TPSA) is 58.4 Å². The van der Waals surface area contributed by atoms with Gasteiger partial charge in [-0.25, -0.2) is 0 Å². The molecule has 134 valence electrons. The first-order valence-corrected chi connectivity index (χ1v) is 9.06. The Morgan fingerprint density at radius 3 is 2.80 bits per heavy atom. The van der Waals surface area contributed by atoms with Crippen molar-refractivity contribution >= 4 is 5.91 Å². The monoisotopic (exact) mass is 341 g/mol. The molecule has 2 atom stereocenters. The van der Waals surface area contributed by atoms with Gasteiger partial charge in [0.1, 0.15) is 0 Å². The molecule has 0 bridgehead atoms. The third-order valence-corrected chi connectivity index (χ3v) is 5.10. The smallest absolute Gasteiger partial charge is 0.223 e. The molecule has 1 aromatic heterocycles. The molecule has 2 aromatic rings. The number of aliphatic hydroxyl groups is 1. The van der Waals surface area contributed by atoms with Gasteiger partial charge < -0.3 is 10.0 Å². The van der Waals surface area contributed by atoms with E-state index in [9.17, 15) is 9.90 Å². The van der Waals surface area contributed by atoms with Gasteiger partial charge in [0.15, 0.2) is 0 Å². The Morgan fingerprint density at radius 2 is 2.12 bits per heavy atom. The summed E-state index contributed by atoms with van der Waals surface area (Å²) in [5.74, 6) is 0.186. The lowest BCUT2D eigenvalue weighted by Gasteiger charge is -2.27. The summed E-state index contributed by atoms with van der Waals surface area (Å²) >= 11 is 0. The van der Waals surface area contributed by atoms with Gasteiger partial charge in [-0.05, 0) is 43.7 Å². The molecule has 5 heteroatoms. The number of hydrogen-bond acceptors (Lipinski definition) is 3. The number of nitrogens with zero attached hydrogens (tertiary/aromatic N) is 3.